The van der Waals surface area contributed by atoms with Crippen LogP contribution < -0.4 is 0 Å². The van der Waals surface area contributed by atoms with Gasteiger partial charge in [-0.05, 0) is 17.4 Å². The Morgan fingerprint density at radius 3 is 1.75 bits per heavy atom. The number of thiocarbonyl (C=S) groups is 1. The molecule has 0 heterocycles. The van der Waals surface area contributed by atoms with Crippen molar-refractivity contribution in [2.24, 2.45) is 0 Å². The van der Waals surface area contributed by atoms with Gasteiger partial charge in [-0.1, -0.05) is 72.9 Å². The molecule has 2 aromatic rings. The minimum Gasteiger partial charge on any atom is -0.357 e. The van der Waals surface area contributed by atoms with Gasteiger partial charge in [0, 0.05) is 18.8 Å². The highest BCUT2D eigenvalue weighted by molar-refractivity contribution is 8.00. The third kappa shape index (κ3) is 4.66. The van der Waals surface area contributed by atoms with Crippen molar-refractivity contribution in [3.8, 4) is 0 Å². The SMILES string of the molecule is CSCC(=S)N(Cc1ccccc1)Cc1ccccc1. The van der Waals surface area contributed by atoms with E-state index in [2.05, 4.69) is 59.7 Å². The second-order valence-corrected chi connectivity index (χ2v) is 5.99. The molecule has 0 amide bonds. The summed E-state index contributed by atoms with van der Waals surface area (Å²) in [6, 6.07) is 21.0. The summed E-state index contributed by atoms with van der Waals surface area (Å²) in [7, 11) is 0. The minimum absolute atomic E-state index is 0.870. The third-order valence-electron chi connectivity index (χ3n) is 3.05. The average molecular weight is 301 g/mol. The molecular formula is C17H19NS2. The molecule has 0 aliphatic carbocycles. The van der Waals surface area contributed by atoms with E-state index in [1.165, 1.54) is 11.1 Å². The van der Waals surface area contributed by atoms with Crippen molar-refractivity contribution in [1.29, 1.82) is 0 Å². The molecule has 0 N–H and O–H groups in total. The molecule has 0 unspecified atom stereocenters. The maximum atomic E-state index is 5.58. The second-order valence-electron chi connectivity index (χ2n) is 4.65. The van der Waals surface area contributed by atoms with E-state index in [-0.39, 0.29) is 0 Å². The van der Waals surface area contributed by atoms with Crippen LogP contribution in [0.15, 0.2) is 60.7 Å². The van der Waals surface area contributed by atoms with Gasteiger partial charge >= 0.3 is 0 Å². The lowest BCUT2D eigenvalue weighted by atomic mass is 10.1. The molecule has 0 saturated heterocycles. The molecule has 0 aliphatic heterocycles. The Bertz CT molecular complexity index is 484. The Morgan fingerprint density at radius 2 is 1.35 bits per heavy atom. The van der Waals surface area contributed by atoms with Gasteiger partial charge in [0.15, 0.2) is 0 Å². The zero-order valence-electron chi connectivity index (χ0n) is 11.7. The molecule has 2 rings (SSSR count). The Balaban J connectivity index is 2.10. The molecular weight excluding hydrogens is 282 g/mol. The first-order chi connectivity index (χ1) is 9.79. The van der Waals surface area contributed by atoms with Crippen molar-refractivity contribution in [1.82, 2.24) is 4.90 Å². The highest BCUT2D eigenvalue weighted by Crippen LogP contribution is 2.12. The number of benzene rings is 2. The lowest BCUT2D eigenvalue weighted by Crippen LogP contribution is -2.30. The van der Waals surface area contributed by atoms with Gasteiger partial charge in [-0.3, -0.25) is 0 Å². The number of nitrogens with zero attached hydrogens (tertiary/aromatic N) is 1. The highest BCUT2D eigenvalue weighted by Gasteiger charge is 2.10. The summed E-state index contributed by atoms with van der Waals surface area (Å²) in [5, 5.41) is 0. The quantitative estimate of drug-likeness (QED) is 0.729. The van der Waals surface area contributed by atoms with Crippen LogP contribution in [-0.2, 0) is 13.1 Å². The fourth-order valence-corrected chi connectivity index (χ4v) is 2.97. The highest BCUT2D eigenvalue weighted by atomic mass is 32.2. The Hall–Kier alpha value is -1.32. The first-order valence-corrected chi connectivity index (χ1v) is 8.44. The first-order valence-electron chi connectivity index (χ1n) is 6.64. The second kappa shape index (κ2) is 8.08. The minimum atomic E-state index is 0.870. The molecule has 1 nitrogen and oxygen atoms in total. The van der Waals surface area contributed by atoms with E-state index < -0.39 is 0 Å². The molecule has 0 atom stereocenters. The van der Waals surface area contributed by atoms with Gasteiger partial charge in [0.2, 0.25) is 0 Å². The van der Waals surface area contributed by atoms with E-state index in [9.17, 15) is 0 Å². The molecule has 3 heteroatoms. The van der Waals surface area contributed by atoms with E-state index >= 15 is 0 Å². The molecule has 2 aromatic carbocycles. The summed E-state index contributed by atoms with van der Waals surface area (Å²) in [4.78, 5) is 3.31. The third-order valence-corrected chi connectivity index (χ3v) is 4.20. The van der Waals surface area contributed by atoms with Gasteiger partial charge in [-0.2, -0.15) is 11.8 Å². The number of hydrogen-bond acceptors (Lipinski definition) is 2. The summed E-state index contributed by atoms with van der Waals surface area (Å²) >= 11 is 7.35. The van der Waals surface area contributed by atoms with Crippen molar-refractivity contribution in [2.45, 2.75) is 13.1 Å². The van der Waals surface area contributed by atoms with Gasteiger partial charge < -0.3 is 4.90 Å². The Morgan fingerprint density at radius 1 is 0.900 bits per heavy atom. The summed E-state index contributed by atoms with van der Waals surface area (Å²) in [5.74, 6) is 0.898. The number of hydrogen-bond donors (Lipinski definition) is 0. The number of rotatable bonds is 6. The summed E-state index contributed by atoms with van der Waals surface area (Å²) in [6.45, 7) is 1.74. The first kappa shape index (κ1) is 15.1. The maximum absolute atomic E-state index is 5.58. The van der Waals surface area contributed by atoms with E-state index in [0.717, 1.165) is 23.8 Å². The summed E-state index contributed by atoms with van der Waals surface area (Å²) in [6.07, 6.45) is 2.09. The van der Waals surface area contributed by atoms with E-state index in [0.29, 0.717) is 0 Å². The van der Waals surface area contributed by atoms with Crippen molar-refractivity contribution < 1.29 is 0 Å². The zero-order valence-corrected chi connectivity index (χ0v) is 13.3. The van der Waals surface area contributed by atoms with Crippen LogP contribution >= 0.6 is 24.0 Å². The molecule has 0 aromatic heterocycles. The van der Waals surface area contributed by atoms with Gasteiger partial charge in [-0.15, -0.1) is 0 Å². The summed E-state index contributed by atoms with van der Waals surface area (Å²) in [5.41, 5.74) is 2.60. The van der Waals surface area contributed by atoms with Gasteiger partial charge in [-0.25, -0.2) is 0 Å². The lowest BCUT2D eigenvalue weighted by molar-refractivity contribution is 0.412. The van der Waals surface area contributed by atoms with Crippen LogP contribution in [0.4, 0.5) is 0 Å². The van der Waals surface area contributed by atoms with Crippen molar-refractivity contribution >= 4 is 29.0 Å². The van der Waals surface area contributed by atoms with Gasteiger partial charge in [0.1, 0.15) is 0 Å². The summed E-state index contributed by atoms with van der Waals surface area (Å²) < 4.78 is 0. The molecule has 20 heavy (non-hydrogen) atoms. The van der Waals surface area contributed by atoms with E-state index in [4.69, 9.17) is 12.2 Å². The van der Waals surface area contributed by atoms with Crippen molar-refractivity contribution in [2.75, 3.05) is 12.0 Å². The Labute approximate surface area is 131 Å². The standard InChI is InChI=1S/C17H19NS2/c1-20-14-17(19)18(12-15-8-4-2-5-9-15)13-16-10-6-3-7-11-16/h2-11H,12-14H2,1H3. The predicted octanol–water partition coefficient (Wildman–Crippen LogP) is 4.38. The van der Waals surface area contributed by atoms with Crippen molar-refractivity contribution in [3.63, 3.8) is 0 Å². The fourth-order valence-electron chi connectivity index (χ4n) is 2.05. The molecule has 0 radical (unpaired) electrons. The number of thioether (sulfide) groups is 1. The molecule has 0 spiro atoms. The van der Waals surface area contributed by atoms with Crippen molar-refractivity contribution in [3.05, 3.63) is 71.8 Å². The van der Waals surface area contributed by atoms with Crippen LogP contribution in [0.2, 0.25) is 0 Å². The molecule has 0 aliphatic rings. The maximum Gasteiger partial charge on any atom is 0.0885 e. The normalized spacial score (nSPS) is 10.2. The monoisotopic (exact) mass is 301 g/mol. The topological polar surface area (TPSA) is 3.24 Å². The van der Waals surface area contributed by atoms with Crippen LogP contribution in [0, 0.1) is 0 Å². The molecule has 104 valence electrons. The van der Waals surface area contributed by atoms with E-state index in [1.54, 1.807) is 11.8 Å². The lowest BCUT2D eigenvalue weighted by Gasteiger charge is -2.25. The van der Waals surface area contributed by atoms with Gasteiger partial charge in [0.25, 0.3) is 0 Å². The fraction of sp³-hybridized carbons (Fsp3) is 0.235. The van der Waals surface area contributed by atoms with E-state index in [1.807, 2.05) is 12.1 Å². The van der Waals surface area contributed by atoms with Gasteiger partial charge in [0.05, 0.1) is 4.99 Å². The molecule has 0 saturated carbocycles. The zero-order chi connectivity index (χ0) is 14.2. The van der Waals surface area contributed by atoms with Crippen LogP contribution in [0.25, 0.3) is 0 Å². The van der Waals surface area contributed by atoms with Crippen LogP contribution in [-0.4, -0.2) is 21.9 Å². The Kier molecular flexibility index (Phi) is 6.09. The van der Waals surface area contributed by atoms with Crippen LogP contribution in [0.1, 0.15) is 11.1 Å². The largest absolute Gasteiger partial charge is 0.357 e. The predicted molar refractivity (Wildman–Crippen MR) is 93.1 cm³/mol. The molecule has 0 bridgehead atoms. The van der Waals surface area contributed by atoms with Crippen LogP contribution in [0.3, 0.4) is 0 Å². The molecule has 0 fully saturated rings. The smallest absolute Gasteiger partial charge is 0.0885 e. The van der Waals surface area contributed by atoms with Crippen LogP contribution in [0.5, 0.6) is 0 Å². The average Bonchev–Trinajstić information content (AvgIpc) is 2.49.